The Hall–Kier alpha value is -3.40. The van der Waals surface area contributed by atoms with E-state index in [0.29, 0.717) is 22.5 Å². The number of piperidine rings is 1. The van der Waals surface area contributed by atoms with Crippen molar-refractivity contribution in [3.8, 4) is 22.5 Å². The second-order valence-corrected chi connectivity index (χ2v) is 7.69. The average molecular weight is 443 g/mol. The third kappa shape index (κ3) is 4.18. The first-order valence-electron chi connectivity index (χ1n) is 10.3. The van der Waals surface area contributed by atoms with Crippen LogP contribution in [0.15, 0.2) is 42.6 Å². The van der Waals surface area contributed by atoms with Gasteiger partial charge in [-0.05, 0) is 31.5 Å². The molecule has 0 bridgehead atoms. The van der Waals surface area contributed by atoms with Gasteiger partial charge in [-0.1, -0.05) is 24.3 Å². The third-order valence-corrected chi connectivity index (χ3v) is 5.59. The largest absolute Gasteiger partial charge is 0.416 e. The van der Waals surface area contributed by atoms with Gasteiger partial charge < -0.3 is 16.5 Å². The summed E-state index contributed by atoms with van der Waals surface area (Å²) in [5.41, 5.74) is 10.7. The Morgan fingerprint density at radius 1 is 1.22 bits per heavy atom. The van der Waals surface area contributed by atoms with Crippen molar-refractivity contribution in [1.29, 1.82) is 5.41 Å². The van der Waals surface area contributed by atoms with Gasteiger partial charge in [0.05, 0.1) is 11.3 Å². The average Bonchev–Trinajstić information content (AvgIpc) is 3.19. The fraction of sp³-hybridized carbons (Fsp3) is 0.318. The Morgan fingerprint density at radius 2 is 1.94 bits per heavy atom. The minimum Gasteiger partial charge on any atom is -0.382 e. The van der Waals surface area contributed by atoms with Crippen LogP contribution in [-0.4, -0.2) is 40.6 Å². The number of hydrogen-bond donors (Lipinski definition) is 4. The zero-order valence-corrected chi connectivity index (χ0v) is 17.5. The molecule has 1 saturated heterocycles. The number of nitrogen functional groups attached to an aromatic ring is 1. The number of hydrogen-bond acceptors (Lipinski definition) is 5. The second-order valence-electron chi connectivity index (χ2n) is 7.69. The number of benzene rings is 1. The van der Waals surface area contributed by atoms with Gasteiger partial charge in [0.25, 0.3) is 0 Å². The van der Waals surface area contributed by atoms with Crippen LogP contribution in [0.2, 0.25) is 0 Å². The zero-order chi connectivity index (χ0) is 22.9. The lowest BCUT2D eigenvalue weighted by molar-refractivity contribution is -0.137. The van der Waals surface area contributed by atoms with Gasteiger partial charge in [-0.15, -0.1) is 0 Å². The quantitative estimate of drug-likeness (QED) is 0.357. The third-order valence-electron chi connectivity index (χ3n) is 5.59. The number of halogens is 3. The van der Waals surface area contributed by atoms with Crippen LogP contribution < -0.4 is 16.5 Å². The van der Waals surface area contributed by atoms with E-state index in [0.717, 1.165) is 50.1 Å². The number of nitrogens with one attached hydrogen (secondary N) is 3. The lowest BCUT2D eigenvalue weighted by Gasteiger charge is -2.23. The van der Waals surface area contributed by atoms with Crippen molar-refractivity contribution < 1.29 is 13.2 Å². The smallest absolute Gasteiger partial charge is 0.382 e. The van der Waals surface area contributed by atoms with Crippen LogP contribution in [-0.2, 0) is 6.18 Å². The maximum absolute atomic E-state index is 13.0. The van der Waals surface area contributed by atoms with Crippen molar-refractivity contribution >= 4 is 5.84 Å². The first kappa shape index (κ1) is 21.8. The Bertz CT molecular complexity index is 1110. The van der Waals surface area contributed by atoms with Gasteiger partial charge in [-0.2, -0.15) is 13.2 Å². The SMILES string of the molecule is CNn1c(C2CCCNC2)nc(-c2ccc(-c3cc(C(F)(F)F)ccn3)cc2)c1C(=N)N. The first-order valence-corrected chi connectivity index (χ1v) is 10.3. The summed E-state index contributed by atoms with van der Waals surface area (Å²) in [7, 11) is 1.75. The molecule has 0 spiro atoms. The molecule has 1 atom stereocenters. The molecule has 1 aliphatic heterocycles. The highest BCUT2D eigenvalue weighted by molar-refractivity contribution is 5.99. The van der Waals surface area contributed by atoms with Crippen molar-refractivity contribution in [2.75, 3.05) is 25.6 Å². The van der Waals surface area contributed by atoms with E-state index in [9.17, 15) is 13.2 Å². The van der Waals surface area contributed by atoms with Crippen LogP contribution >= 0.6 is 0 Å². The standard InChI is InChI=1S/C22H24F3N7/c1-28-32-19(20(26)27)18(31-21(32)15-3-2-9-29-12-15)14-6-4-13(5-7-14)17-11-16(8-10-30-17)22(23,24)25/h4-8,10-11,15,28-29H,2-3,9,12H2,1H3,(H3,26,27). The minimum absolute atomic E-state index is 0.125. The molecule has 0 amide bonds. The molecule has 1 aromatic carbocycles. The van der Waals surface area contributed by atoms with Gasteiger partial charge >= 0.3 is 6.18 Å². The van der Waals surface area contributed by atoms with Crippen LogP contribution in [0.1, 0.15) is 35.8 Å². The maximum Gasteiger partial charge on any atom is 0.416 e. The van der Waals surface area contributed by atoms with E-state index < -0.39 is 11.7 Å². The number of aromatic nitrogens is 3. The Labute approximate surface area is 183 Å². The molecule has 1 unspecified atom stereocenters. The van der Waals surface area contributed by atoms with Crippen molar-refractivity contribution in [2.45, 2.75) is 24.9 Å². The number of amidine groups is 1. The molecule has 168 valence electrons. The van der Waals surface area contributed by atoms with Crippen molar-refractivity contribution in [3.05, 3.63) is 59.7 Å². The Balaban J connectivity index is 1.73. The van der Waals surface area contributed by atoms with Crippen LogP contribution in [0, 0.1) is 5.41 Å². The van der Waals surface area contributed by atoms with E-state index in [4.69, 9.17) is 16.1 Å². The fourth-order valence-electron chi connectivity index (χ4n) is 4.02. The summed E-state index contributed by atoms with van der Waals surface area (Å²) in [4.78, 5) is 8.89. The molecule has 5 N–H and O–H groups in total. The molecule has 1 fully saturated rings. The summed E-state index contributed by atoms with van der Waals surface area (Å²) in [6.07, 6.45) is -1.27. The number of nitrogens with two attached hydrogens (primary N) is 1. The van der Waals surface area contributed by atoms with E-state index in [-0.39, 0.29) is 17.4 Å². The van der Waals surface area contributed by atoms with Gasteiger partial charge in [0.15, 0.2) is 0 Å². The van der Waals surface area contributed by atoms with Gasteiger partial charge in [0.1, 0.15) is 23.0 Å². The second kappa shape index (κ2) is 8.62. The van der Waals surface area contributed by atoms with Crippen LogP contribution in [0.25, 0.3) is 22.5 Å². The van der Waals surface area contributed by atoms with Gasteiger partial charge in [0, 0.05) is 36.8 Å². The highest BCUT2D eigenvalue weighted by Crippen LogP contribution is 2.33. The molecule has 3 heterocycles. The normalized spacial score (nSPS) is 16.7. The number of alkyl halides is 3. The lowest BCUT2D eigenvalue weighted by Crippen LogP contribution is -2.32. The summed E-state index contributed by atoms with van der Waals surface area (Å²) in [6.45, 7) is 1.75. The number of pyridine rings is 1. The topological polar surface area (TPSA) is 105 Å². The molecule has 0 saturated carbocycles. The number of imidazole rings is 1. The van der Waals surface area contributed by atoms with Gasteiger partial charge in [-0.25, -0.2) is 9.66 Å². The van der Waals surface area contributed by atoms with Crippen LogP contribution in [0.3, 0.4) is 0 Å². The van der Waals surface area contributed by atoms with Crippen molar-refractivity contribution in [2.24, 2.45) is 5.73 Å². The van der Waals surface area contributed by atoms with E-state index in [1.165, 1.54) is 0 Å². The molecule has 7 nitrogen and oxygen atoms in total. The molecular weight excluding hydrogens is 419 g/mol. The van der Waals surface area contributed by atoms with Crippen molar-refractivity contribution in [3.63, 3.8) is 0 Å². The van der Waals surface area contributed by atoms with E-state index in [2.05, 4.69) is 15.7 Å². The molecule has 4 rings (SSSR count). The lowest BCUT2D eigenvalue weighted by atomic mass is 9.99. The zero-order valence-electron chi connectivity index (χ0n) is 17.5. The molecular formula is C22H24F3N7. The molecule has 10 heteroatoms. The van der Waals surface area contributed by atoms with Gasteiger partial charge in [0.2, 0.25) is 0 Å². The molecule has 2 aromatic heterocycles. The molecule has 3 aromatic rings. The molecule has 1 aliphatic rings. The monoisotopic (exact) mass is 443 g/mol. The molecule has 32 heavy (non-hydrogen) atoms. The molecule has 0 radical (unpaired) electrons. The predicted octanol–water partition coefficient (Wildman–Crippen LogP) is 3.56. The number of rotatable bonds is 5. The summed E-state index contributed by atoms with van der Waals surface area (Å²) in [6, 6.07) is 8.89. The Kier molecular flexibility index (Phi) is 5.88. The van der Waals surface area contributed by atoms with Crippen LogP contribution in [0.4, 0.5) is 13.2 Å². The summed E-state index contributed by atoms with van der Waals surface area (Å²) in [5, 5.41) is 11.5. The highest BCUT2D eigenvalue weighted by atomic mass is 19.4. The molecule has 0 aliphatic carbocycles. The maximum atomic E-state index is 13.0. The Morgan fingerprint density at radius 3 is 2.53 bits per heavy atom. The van der Waals surface area contributed by atoms with Gasteiger partial charge in [-0.3, -0.25) is 10.4 Å². The van der Waals surface area contributed by atoms with Crippen molar-refractivity contribution in [1.82, 2.24) is 20.0 Å². The highest BCUT2D eigenvalue weighted by Gasteiger charge is 2.31. The van der Waals surface area contributed by atoms with E-state index >= 15 is 0 Å². The van der Waals surface area contributed by atoms with Crippen LogP contribution in [0.5, 0.6) is 0 Å². The number of nitrogens with zero attached hydrogens (tertiary/aromatic N) is 3. The van der Waals surface area contributed by atoms with E-state index in [1.54, 1.807) is 36.0 Å². The van der Waals surface area contributed by atoms with E-state index in [1.807, 2.05) is 0 Å². The minimum atomic E-state index is -4.43. The summed E-state index contributed by atoms with van der Waals surface area (Å²) < 4.78 is 40.9. The summed E-state index contributed by atoms with van der Waals surface area (Å²) >= 11 is 0. The fourth-order valence-corrected chi connectivity index (χ4v) is 4.02. The summed E-state index contributed by atoms with van der Waals surface area (Å²) in [5.74, 6) is 0.848. The predicted molar refractivity (Wildman–Crippen MR) is 117 cm³/mol. The first-order chi connectivity index (χ1) is 15.3.